The second-order valence-electron chi connectivity index (χ2n) is 5.80. The molecule has 4 heteroatoms. The van der Waals surface area contributed by atoms with Crippen molar-refractivity contribution in [3.8, 4) is 11.5 Å². The summed E-state index contributed by atoms with van der Waals surface area (Å²) in [5, 5.41) is 3.84. The maximum absolute atomic E-state index is 6.29. The van der Waals surface area contributed by atoms with Gasteiger partial charge in [-0.05, 0) is 44.7 Å². The molecular weight excluding hydrogens is 286 g/mol. The van der Waals surface area contributed by atoms with Crippen molar-refractivity contribution in [2.75, 3.05) is 14.2 Å². The summed E-state index contributed by atoms with van der Waals surface area (Å²) in [5.41, 5.74) is 1.06. The van der Waals surface area contributed by atoms with Crippen molar-refractivity contribution in [2.45, 2.75) is 51.7 Å². The first kappa shape index (κ1) is 16.4. The molecule has 1 fully saturated rings. The van der Waals surface area contributed by atoms with Gasteiger partial charge in [-0.3, -0.25) is 0 Å². The first-order chi connectivity index (χ1) is 10.2. The Kier molecular flexibility index (Phi) is 6.19. The topological polar surface area (TPSA) is 30.5 Å². The zero-order chi connectivity index (χ0) is 15.2. The van der Waals surface area contributed by atoms with Gasteiger partial charge >= 0.3 is 0 Å². The van der Waals surface area contributed by atoms with Gasteiger partial charge in [0.15, 0.2) is 11.5 Å². The van der Waals surface area contributed by atoms with E-state index in [0.29, 0.717) is 11.1 Å². The highest BCUT2D eigenvalue weighted by Crippen LogP contribution is 2.38. The monoisotopic (exact) mass is 311 g/mol. The number of methoxy groups -OCH3 is 1. The molecule has 3 nitrogen and oxygen atoms in total. The maximum Gasteiger partial charge on any atom is 0.166 e. The Morgan fingerprint density at radius 1 is 1.24 bits per heavy atom. The van der Waals surface area contributed by atoms with Crippen molar-refractivity contribution in [3.63, 3.8) is 0 Å². The van der Waals surface area contributed by atoms with Crippen molar-refractivity contribution >= 4 is 11.6 Å². The number of benzene rings is 1. The molecular formula is C17H26ClNO2. The molecule has 0 saturated heterocycles. The molecule has 1 aliphatic rings. The van der Waals surface area contributed by atoms with Crippen LogP contribution in [0.2, 0.25) is 5.02 Å². The van der Waals surface area contributed by atoms with Crippen molar-refractivity contribution in [1.29, 1.82) is 0 Å². The maximum atomic E-state index is 6.29. The molecule has 0 amide bonds. The molecule has 1 aromatic rings. The van der Waals surface area contributed by atoms with Crippen molar-refractivity contribution in [2.24, 2.45) is 5.92 Å². The number of halogens is 1. The minimum absolute atomic E-state index is 0.290. The second kappa shape index (κ2) is 7.90. The fraction of sp³-hybridized carbons (Fsp3) is 0.647. The molecule has 0 bridgehead atoms. The summed E-state index contributed by atoms with van der Waals surface area (Å²) in [4.78, 5) is 0. The fourth-order valence-corrected chi connectivity index (χ4v) is 3.29. The summed E-state index contributed by atoms with van der Waals surface area (Å²) in [6.07, 6.45) is 6.35. The molecule has 0 aliphatic heterocycles. The third-order valence-electron chi connectivity index (χ3n) is 4.34. The van der Waals surface area contributed by atoms with Crippen LogP contribution in [-0.4, -0.2) is 20.3 Å². The van der Waals surface area contributed by atoms with Crippen LogP contribution < -0.4 is 14.8 Å². The van der Waals surface area contributed by atoms with E-state index in [1.165, 1.54) is 19.3 Å². The van der Waals surface area contributed by atoms with Crippen LogP contribution in [0.15, 0.2) is 12.1 Å². The van der Waals surface area contributed by atoms with Gasteiger partial charge in [0.2, 0.25) is 0 Å². The molecule has 0 heterocycles. The zero-order valence-electron chi connectivity index (χ0n) is 13.2. The Labute approximate surface area is 133 Å². The van der Waals surface area contributed by atoms with Crippen LogP contribution in [0, 0.1) is 5.92 Å². The van der Waals surface area contributed by atoms with Crippen LogP contribution in [-0.2, 0) is 6.54 Å². The van der Waals surface area contributed by atoms with Gasteiger partial charge in [-0.1, -0.05) is 24.9 Å². The Morgan fingerprint density at radius 2 is 1.95 bits per heavy atom. The van der Waals surface area contributed by atoms with Gasteiger partial charge in [0.05, 0.1) is 13.2 Å². The predicted octanol–water partition coefficient (Wildman–Crippen LogP) is 4.42. The van der Waals surface area contributed by atoms with Crippen LogP contribution >= 0.6 is 11.6 Å². The summed E-state index contributed by atoms with van der Waals surface area (Å²) in [7, 11) is 3.58. The summed E-state index contributed by atoms with van der Waals surface area (Å²) in [5.74, 6) is 2.44. The average Bonchev–Trinajstić information content (AvgIpc) is 2.50. The minimum atomic E-state index is 0.290. The number of ether oxygens (including phenoxy) is 2. The number of rotatable bonds is 6. The van der Waals surface area contributed by atoms with Gasteiger partial charge in [-0.15, -0.1) is 0 Å². The third kappa shape index (κ3) is 4.27. The molecule has 118 valence electrons. The van der Waals surface area contributed by atoms with Gasteiger partial charge < -0.3 is 14.8 Å². The molecule has 0 atom stereocenters. The second-order valence-corrected chi connectivity index (χ2v) is 6.23. The Hall–Kier alpha value is -0.930. The first-order valence-corrected chi connectivity index (χ1v) is 8.23. The lowest BCUT2D eigenvalue weighted by Gasteiger charge is -2.29. The summed E-state index contributed by atoms with van der Waals surface area (Å²) in [6.45, 7) is 3.00. The van der Waals surface area contributed by atoms with Gasteiger partial charge in [0.1, 0.15) is 0 Å². The lowest BCUT2D eigenvalue weighted by atomic mass is 9.86. The van der Waals surface area contributed by atoms with Crippen LogP contribution in [0.4, 0.5) is 0 Å². The fourth-order valence-electron chi connectivity index (χ4n) is 3.05. The molecule has 1 N–H and O–H groups in total. The quantitative estimate of drug-likeness (QED) is 0.844. The molecule has 21 heavy (non-hydrogen) atoms. The lowest BCUT2D eigenvalue weighted by Crippen LogP contribution is -2.25. The smallest absolute Gasteiger partial charge is 0.166 e. The molecule has 1 aromatic carbocycles. The van der Waals surface area contributed by atoms with E-state index >= 15 is 0 Å². The molecule has 0 unspecified atom stereocenters. The number of hydrogen-bond acceptors (Lipinski definition) is 3. The molecule has 1 aliphatic carbocycles. The van der Waals surface area contributed by atoms with Crippen molar-refractivity contribution in [3.05, 3.63) is 22.7 Å². The standard InChI is InChI=1S/C17H26ClNO2/c1-4-12-5-7-15(8-6-12)21-17-13(11-19-2)9-14(18)10-16(17)20-3/h9-10,12,15,19H,4-8,11H2,1-3H3. The number of hydrogen-bond donors (Lipinski definition) is 1. The Balaban J connectivity index is 2.14. The van der Waals surface area contributed by atoms with E-state index < -0.39 is 0 Å². The third-order valence-corrected chi connectivity index (χ3v) is 4.56. The molecule has 2 rings (SSSR count). The van der Waals surface area contributed by atoms with Crippen LogP contribution in [0.3, 0.4) is 0 Å². The van der Waals surface area contributed by atoms with Gasteiger partial charge in [-0.2, -0.15) is 0 Å². The SMILES string of the molecule is CCC1CCC(Oc2c(CNC)cc(Cl)cc2OC)CC1. The molecule has 0 spiro atoms. The average molecular weight is 312 g/mol. The zero-order valence-corrected chi connectivity index (χ0v) is 14.0. The molecule has 1 saturated carbocycles. The highest BCUT2D eigenvalue weighted by atomic mass is 35.5. The Morgan fingerprint density at radius 3 is 2.52 bits per heavy atom. The van der Waals surface area contributed by atoms with E-state index in [-0.39, 0.29) is 0 Å². The van der Waals surface area contributed by atoms with Crippen molar-refractivity contribution in [1.82, 2.24) is 5.32 Å². The summed E-state index contributed by atoms with van der Waals surface area (Å²) >= 11 is 6.15. The lowest BCUT2D eigenvalue weighted by molar-refractivity contribution is 0.124. The van der Waals surface area contributed by atoms with Gasteiger partial charge in [-0.25, -0.2) is 0 Å². The van der Waals surface area contributed by atoms with E-state index in [1.54, 1.807) is 7.11 Å². The van der Waals surface area contributed by atoms with E-state index in [2.05, 4.69) is 12.2 Å². The normalized spacial score (nSPS) is 22.1. The highest BCUT2D eigenvalue weighted by Gasteiger charge is 2.23. The predicted molar refractivity (Wildman–Crippen MR) is 87.4 cm³/mol. The van der Waals surface area contributed by atoms with E-state index in [1.807, 2.05) is 19.2 Å². The Bertz CT molecular complexity index is 456. The summed E-state index contributed by atoms with van der Waals surface area (Å²) < 4.78 is 11.7. The van der Waals surface area contributed by atoms with Crippen LogP contribution in [0.1, 0.15) is 44.6 Å². The van der Waals surface area contributed by atoms with Crippen LogP contribution in [0.25, 0.3) is 0 Å². The van der Waals surface area contributed by atoms with Crippen LogP contribution in [0.5, 0.6) is 11.5 Å². The van der Waals surface area contributed by atoms with E-state index in [9.17, 15) is 0 Å². The highest BCUT2D eigenvalue weighted by molar-refractivity contribution is 6.30. The van der Waals surface area contributed by atoms with Gasteiger partial charge in [0, 0.05) is 23.2 Å². The number of nitrogens with one attached hydrogen (secondary N) is 1. The van der Waals surface area contributed by atoms with Crippen molar-refractivity contribution < 1.29 is 9.47 Å². The van der Waals surface area contributed by atoms with Gasteiger partial charge in [0.25, 0.3) is 0 Å². The largest absolute Gasteiger partial charge is 0.493 e. The van der Waals surface area contributed by atoms with E-state index in [4.69, 9.17) is 21.1 Å². The summed E-state index contributed by atoms with van der Waals surface area (Å²) in [6, 6.07) is 3.78. The molecule has 0 aromatic heterocycles. The molecule has 0 radical (unpaired) electrons. The first-order valence-electron chi connectivity index (χ1n) is 7.85. The minimum Gasteiger partial charge on any atom is -0.493 e. The van der Waals surface area contributed by atoms with E-state index in [0.717, 1.165) is 42.4 Å².